The van der Waals surface area contributed by atoms with E-state index in [1.807, 2.05) is 36.1 Å². The van der Waals surface area contributed by atoms with Gasteiger partial charge in [-0.3, -0.25) is 14.9 Å². The molecule has 164 valence electrons. The summed E-state index contributed by atoms with van der Waals surface area (Å²) >= 11 is 0. The number of nitro groups is 1. The molecule has 0 bridgehead atoms. The van der Waals surface area contributed by atoms with Gasteiger partial charge in [-0.15, -0.1) is 0 Å². The number of likely N-dealkylation sites (tertiary alicyclic amines) is 1. The fourth-order valence-corrected chi connectivity index (χ4v) is 3.64. The van der Waals surface area contributed by atoms with Gasteiger partial charge in [-0.05, 0) is 24.5 Å². The zero-order chi connectivity index (χ0) is 22.1. The summed E-state index contributed by atoms with van der Waals surface area (Å²) in [5.74, 6) is 1.07. The Balaban J connectivity index is 1.50. The predicted molar refractivity (Wildman–Crippen MR) is 121 cm³/mol. The maximum atomic E-state index is 12.4. The smallest absolute Gasteiger partial charge is 0.269 e. The number of carbonyl (C=O) groups is 1. The van der Waals surface area contributed by atoms with Gasteiger partial charge in [0.2, 0.25) is 5.91 Å². The molecule has 0 aromatic heterocycles. The molecule has 2 N–H and O–H groups in total. The second kappa shape index (κ2) is 11.1. The van der Waals surface area contributed by atoms with Crippen molar-refractivity contribution in [1.29, 1.82) is 0 Å². The molecule has 0 radical (unpaired) electrons. The predicted octanol–water partition coefficient (Wildman–Crippen LogP) is 2.74. The highest BCUT2D eigenvalue weighted by molar-refractivity contribution is 5.81. The Morgan fingerprint density at radius 3 is 2.68 bits per heavy atom. The summed E-state index contributed by atoms with van der Waals surface area (Å²) in [4.78, 5) is 29.4. The molecule has 1 fully saturated rings. The Bertz CT molecular complexity index is 916. The lowest BCUT2D eigenvalue weighted by Gasteiger charge is -2.18. The van der Waals surface area contributed by atoms with Crippen LogP contribution >= 0.6 is 0 Å². The van der Waals surface area contributed by atoms with Crippen LogP contribution in [0.4, 0.5) is 5.69 Å². The van der Waals surface area contributed by atoms with Crippen molar-refractivity contribution in [2.75, 3.05) is 26.2 Å². The Labute approximate surface area is 182 Å². The minimum Gasteiger partial charge on any atom is -0.357 e. The van der Waals surface area contributed by atoms with Gasteiger partial charge in [-0.2, -0.15) is 0 Å². The fourth-order valence-electron chi connectivity index (χ4n) is 3.64. The molecule has 1 saturated heterocycles. The van der Waals surface area contributed by atoms with Crippen molar-refractivity contribution >= 4 is 17.6 Å². The van der Waals surface area contributed by atoms with E-state index in [9.17, 15) is 14.9 Å². The Kier molecular flexibility index (Phi) is 7.98. The summed E-state index contributed by atoms with van der Waals surface area (Å²) < 4.78 is 0. The lowest BCUT2D eigenvalue weighted by atomic mass is 10.1. The first kappa shape index (κ1) is 22.3. The number of nitrogens with zero attached hydrogens (tertiary/aromatic N) is 3. The van der Waals surface area contributed by atoms with Crippen molar-refractivity contribution < 1.29 is 9.72 Å². The second-order valence-corrected chi connectivity index (χ2v) is 7.65. The average molecular weight is 424 g/mol. The van der Waals surface area contributed by atoms with E-state index in [4.69, 9.17) is 0 Å². The monoisotopic (exact) mass is 423 g/mol. The van der Waals surface area contributed by atoms with Crippen LogP contribution in [0.5, 0.6) is 0 Å². The van der Waals surface area contributed by atoms with Gasteiger partial charge in [-0.1, -0.05) is 42.5 Å². The molecule has 1 heterocycles. The van der Waals surface area contributed by atoms with Crippen LogP contribution in [0.25, 0.3) is 0 Å². The Morgan fingerprint density at radius 2 is 1.94 bits per heavy atom. The van der Waals surface area contributed by atoms with Crippen molar-refractivity contribution in [3.8, 4) is 0 Å². The lowest BCUT2D eigenvalue weighted by Crippen LogP contribution is -2.40. The number of carbonyl (C=O) groups excluding carboxylic acids is 1. The number of aliphatic imine (C=N–C) groups is 1. The minimum atomic E-state index is -0.405. The molecule has 1 amide bonds. The topological polar surface area (TPSA) is 99.9 Å². The van der Waals surface area contributed by atoms with Crippen LogP contribution in [0.15, 0.2) is 59.6 Å². The van der Waals surface area contributed by atoms with Crippen molar-refractivity contribution in [3.05, 3.63) is 75.8 Å². The molecule has 0 saturated carbocycles. The zero-order valence-electron chi connectivity index (χ0n) is 17.8. The summed E-state index contributed by atoms with van der Waals surface area (Å²) in [6.07, 6.45) is 1.39. The normalized spacial score (nSPS) is 16.4. The molecule has 2 aromatic rings. The van der Waals surface area contributed by atoms with E-state index in [-0.39, 0.29) is 17.5 Å². The van der Waals surface area contributed by atoms with Gasteiger partial charge in [0, 0.05) is 50.7 Å². The highest BCUT2D eigenvalue weighted by atomic mass is 16.6. The van der Waals surface area contributed by atoms with E-state index in [2.05, 4.69) is 27.8 Å². The Morgan fingerprint density at radius 1 is 1.16 bits per heavy atom. The molecule has 8 nitrogen and oxygen atoms in total. The summed E-state index contributed by atoms with van der Waals surface area (Å²) in [6, 6.07) is 16.7. The first-order valence-electron chi connectivity index (χ1n) is 10.6. The number of non-ortho nitro benzene ring substituents is 1. The number of nitro benzene ring substituents is 1. The summed E-state index contributed by atoms with van der Waals surface area (Å²) in [7, 11) is 0. The third-order valence-corrected chi connectivity index (χ3v) is 5.25. The van der Waals surface area contributed by atoms with Crippen LogP contribution in [0.1, 0.15) is 24.5 Å². The van der Waals surface area contributed by atoms with Gasteiger partial charge in [0.1, 0.15) is 0 Å². The van der Waals surface area contributed by atoms with Crippen molar-refractivity contribution in [1.82, 2.24) is 15.5 Å². The summed E-state index contributed by atoms with van der Waals surface area (Å²) in [5.41, 5.74) is 2.07. The highest BCUT2D eigenvalue weighted by Crippen LogP contribution is 2.18. The van der Waals surface area contributed by atoms with E-state index in [1.54, 1.807) is 6.07 Å². The minimum absolute atomic E-state index is 0.0609. The number of hydrogen-bond donors (Lipinski definition) is 2. The first-order chi connectivity index (χ1) is 15.0. The largest absolute Gasteiger partial charge is 0.357 e. The van der Waals surface area contributed by atoms with Crippen LogP contribution < -0.4 is 10.6 Å². The molecule has 1 atom stereocenters. The molecule has 1 unspecified atom stereocenters. The van der Waals surface area contributed by atoms with Gasteiger partial charge in [0.25, 0.3) is 5.69 Å². The van der Waals surface area contributed by atoms with Crippen molar-refractivity contribution in [2.24, 2.45) is 10.9 Å². The van der Waals surface area contributed by atoms with Gasteiger partial charge >= 0.3 is 0 Å². The second-order valence-electron chi connectivity index (χ2n) is 7.65. The third kappa shape index (κ3) is 6.80. The first-order valence-corrected chi connectivity index (χ1v) is 10.6. The molecule has 0 spiro atoms. The number of amides is 1. The zero-order valence-corrected chi connectivity index (χ0v) is 17.8. The van der Waals surface area contributed by atoms with Gasteiger partial charge in [0.05, 0.1) is 11.5 Å². The number of nitrogens with one attached hydrogen (secondary N) is 2. The summed E-state index contributed by atoms with van der Waals surface area (Å²) in [5, 5.41) is 17.4. The molecule has 1 aliphatic heterocycles. The van der Waals surface area contributed by atoms with E-state index in [0.717, 1.165) is 25.1 Å². The van der Waals surface area contributed by atoms with Crippen LogP contribution in [0, 0.1) is 16.0 Å². The number of guanidine groups is 1. The lowest BCUT2D eigenvalue weighted by molar-refractivity contribution is -0.384. The molecule has 3 rings (SSSR count). The highest BCUT2D eigenvalue weighted by Gasteiger charge is 2.29. The van der Waals surface area contributed by atoms with Gasteiger partial charge < -0.3 is 15.5 Å². The van der Waals surface area contributed by atoms with E-state index in [1.165, 1.54) is 17.7 Å². The van der Waals surface area contributed by atoms with E-state index >= 15 is 0 Å². The number of hydrogen-bond acceptors (Lipinski definition) is 4. The molecule has 8 heteroatoms. The van der Waals surface area contributed by atoms with Crippen LogP contribution in [-0.2, 0) is 17.8 Å². The van der Waals surface area contributed by atoms with Gasteiger partial charge in [0.15, 0.2) is 5.96 Å². The molecule has 1 aliphatic rings. The standard InChI is InChI=1S/C23H29N5O3/c1-2-24-23(25-15-19-9-6-10-21(13-19)28(30)31)26-16-20-14-22(29)27(17-20)12-11-18-7-4-3-5-8-18/h3-10,13,20H,2,11-12,14-17H2,1H3,(H2,24,25,26). The van der Waals surface area contributed by atoms with Crippen LogP contribution in [0.2, 0.25) is 0 Å². The van der Waals surface area contributed by atoms with Crippen molar-refractivity contribution in [3.63, 3.8) is 0 Å². The average Bonchev–Trinajstić information content (AvgIpc) is 3.14. The number of benzene rings is 2. The maximum Gasteiger partial charge on any atom is 0.269 e. The SMILES string of the molecule is CCNC(=NCc1cccc([N+](=O)[O-])c1)NCC1CC(=O)N(CCc2ccccc2)C1. The molecule has 0 aliphatic carbocycles. The quantitative estimate of drug-likeness (QED) is 0.280. The Hall–Kier alpha value is -3.42. The van der Waals surface area contributed by atoms with Crippen LogP contribution in [0.3, 0.4) is 0 Å². The van der Waals surface area contributed by atoms with Gasteiger partial charge in [-0.25, -0.2) is 4.99 Å². The molecule has 31 heavy (non-hydrogen) atoms. The third-order valence-electron chi connectivity index (χ3n) is 5.25. The molecular weight excluding hydrogens is 394 g/mol. The fraction of sp³-hybridized carbons (Fsp3) is 0.391. The molecular formula is C23H29N5O3. The van der Waals surface area contributed by atoms with Crippen LogP contribution in [-0.4, -0.2) is 47.9 Å². The van der Waals surface area contributed by atoms with E-state index in [0.29, 0.717) is 32.0 Å². The molecule has 2 aromatic carbocycles. The maximum absolute atomic E-state index is 12.4. The number of rotatable bonds is 9. The van der Waals surface area contributed by atoms with Crippen molar-refractivity contribution in [2.45, 2.75) is 26.3 Å². The van der Waals surface area contributed by atoms with E-state index < -0.39 is 4.92 Å². The summed E-state index contributed by atoms with van der Waals surface area (Å²) in [6.45, 7) is 5.14.